The summed E-state index contributed by atoms with van der Waals surface area (Å²) in [6, 6.07) is 15.5. The van der Waals surface area contributed by atoms with Crippen molar-refractivity contribution >= 4 is 45.5 Å². The molecule has 36 heavy (non-hydrogen) atoms. The predicted molar refractivity (Wildman–Crippen MR) is 136 cm³/mol. The van der Waals surface area contributed by atoms with Gasteiger partial charge in [0, 0.05) is 5.56 Å². The Kier molecular flexibility index (Phi) is 7.49. The van der Waals surface area contributed by atoms with Gasteiger partial charge in [-0.05, 0) is 71.7 Å². The molecule has 4 rings (SSSR count). The summed E-state index contributed by atoms with van der Waals surface area (Å²) in [5.41, 5.74) is 1.92. The van der Waals surface area contributed by atoms with Gasteiger partial charge < -0.3 is 9.47 Å². The van der Waals surface area contributed by atoms with Crippen LogP contribution in [0, 0.1) is 12.7 Å². The molecule has 1 aliphatic rings. The fourth-order valence-corrected chi connectivity index (χ4v) is 4.17. The number of halogens is 2. The number of carbonyl (C=O) groups excluding carboxylic acids is 3. The van der Waals surface area contributed by atoms with Crippen LogP contribution in [-0.2, 0) is 16.2 Å². The lowest BCUT2D eigenvalue weighted by Crippen LogP contribution is -2.54. The van der Waals surface area contributed by atoms with E-state index in [1.165, 1.54) is 12.1 Å². The van der Waals surface area contributed by atoms with Crippen LogP contribution in [0.2, 0.25) is 0 Å². The predicted octanol–water partition coefficient (Wildman–Crippen LogP) is 5.54. The Morgan fingerprint density at radius 3 is 2.44 bits per heavy atom. The van der Waals surface area contributed by atoms with Crippen LogP contribution in [0.1, 0.15) is 23.6 Å². The number of barbiturate groups is 1. The van der Waals surface area contributed by atoms with E-state index < -0.39 is 17.8 Å². The first kappa shape index (κ1) is 25.1. The number of urea groups is 1. The summed E-state index contributed by atoms with van der Waals surface area (Å²) in [5.74, 6) is -1.25. The lowest BCUT2D eigenvalue weighted by Gasteiger charge is -2.26. The molecule has 0 atom stereocenters. The summed E-state index contributed by atoms with van der Waals surface area (Å²) in [6.07, 6.45) is 1.37. The molecule has 3 aromatic carbocycles. The minimum absolute atomic E-state index is 0.0275. The number of carbonyl (C=O) groups is 3. The normalized spacial score (nSPS) is 14.7. The fourth-order valence-electron chi connectivity index (χ4n) is 3.59. The lowest BCUT2D eigenvalue weighted by atomic mass is 10.1. The zero-order valence-electron chi connectivity index (χ0n) is 19.5. The highest BCUT2D eigenvalue weighted by atomic mass is 79.9. The van der Waals surface area contributed by atoms with Gasteiger partial charge in [-0.3, -0.25) is 14.9 Å². The first-order valence-corrected chi connectivity index (χ1v) is 11.9. The van der Waals surface area contributed by atoms with Crippen molar-refractivity contribution in [1.29, 1.82) is 0 Å². The Morgan fingerprint density at radius 2 is 1.75 bits per heavy atom. The molecule has 0 aromatic heterocycles. The number of hydrogen-bond donors (Lipinski definition) is 1. The number of nitrogens with zero attached hydrogens (tertiary/aromatic N) is 1. The van der Waals surface area contributed by atoms with Gasteiger partial charge in [0.25, 0.3) is 11.8 Å². The molecule has 0 unspecified atom stereocenters. The first-order chi connectivity index (χ1) is 17.3. The summed E-state index contributed by atoms with van der Waals surface area (Å²) >= 11 is 3.44. The Labute approximate surface area is 215 Å². The van der Waals surface area contributed by atoms with Crippen molar-refractivity contribution in [2.75, 3.05) is 11.5 Å². The highest BCUT2D eigenvalue weighted by molar-refractivity contribution is 9.10. The van der Waals surface area contributed by atoms with E-state index in [0.29, 0.717) is 39.4 Å². The summed E-state index contributed by atoms with van der Waals surface area (Å²) in [5, 5.41) is 2.21. The van der Waals surface area contributed by atoms with Crippen molar-refractivity contribution in [1.82, 2.24) is 5.32 Å². The van der Waals surface area contributed by atoms with Crippen LogP contribution in [0.25, 0.3) is 6.08 Å². The first-order valence-electron chi connectivity index (χ1n) is 11.1. The second-order valence-corrected chi connectivity index (χ2v) is 8.79. The number of amides is 4. The molecule has 9 heteroatoms. The molecule has 0 bridgehead atoms. The zero-order chi connectivity index (χ0) is 25.8. The molecule has 0 saturated carbocycles. The minimum Gasteiger partial charge on any atom is -0.490 e. The zero-order valence-corrected chi connectivity index (χ0v) is 21.1. The van der Waals surface area contributed by atoms with Crippen LogP contribution in [0.4, 0.5) is 14.9 Å². The van der Waals surface area contributed by atoms with Crippen molar-refractivity contribution in [3.05, 3.63) is 93.2 Å². The average molecular weight is 553 g/mol. The van der Waals surface area contributed by atoms with E-state index in [2.05, 4.69) is 21.2 Å². The maximum Gasteiger partial charge on any atom is 0.335 e. The van der Waals surface area contributed by atoms with Gasteiger partial charge in [0.15, 0.2) is 11.5 Å². The van der Waals surface area contributed by atoms with Crippen LogP contribution >= 0.6 is 15.9 Å². The lowest BCUT2D eigenvalue weighted by molar-refractivity contribution is -0.122. The van der Waals surface area contributed by atoms with Crippen molar-refractivity contribution in [3.63, 3.8) is 0 Å². The van der Waals surface area contributed by atoms with E-state index in [9.17, 15) is 18.8 Å². The van der Waals surface area contributed by atoms with Crippen LogP contribution in [0.15, 0.2) is 70.7 Å². The number of ether oxygens (including phenoxy) is 2. The Morgan fingerprint density at radius 1 is 1.03 bits per heavy atom. The van der Waals surface area contributed by atoms with E-state index in [1.54, 1.807) is 61.5 Å². The van der Waals surface area contributed by atoms with E-state index in [0.717, 1.165) is 10.5 Å². The third-order valence-corrected chi connectivity index (χ3v) is 5.96. The van der Waals surface area contributed by atoms with Crippen LogP contribution in [-0.4, -0.2) is 24.5 Å². The molecule has 7 nitrogen and oxygen atoms in total. The number of hydrogen-bond acceptors (Lipinski definition) is 5. The van der Waals surface area contributed by atoms with E-state index in [4.69, 9.17) is 9.47 Å². The number of rotatable bonds is 7. The maximum atomic E-state index is 14.0. The summed E-state index contributed by atoms with van der Waals surface area (Å²) < 4.78 is 26.0. The quantitative estimate of drug-likeness (QED) is 0.307. The van der Waals surface area contributed by atoms with Crippen molar-refractivity contribution in [2.45, 2.75) is 20.5 Å². The molecule has 3 aromatic rings. The molecule has 0 aliphatic carbocycles. The number of nitrogens with one attached hydrogen (secondary N) is 1. The highest BCUT2D eigenvalue weighted by Crippen LogP contribution is 2.38. The van der Waals surface area contributed by atoms with Gasteiger partial charge in [-0.1, -0.05) is 35.9 Å². The van der Waals surface area contributed by atoms with Gasteiger partial charge in [0.1, 0.15) is 18.0 Å². The molecular weight excluding hydrogens is 531 g/mol. The molecule has 0 spiro atoms. The fraction of sp³-hybridized carbons (Fsp3) is 0.148. The van der Waals surface area contributed by atoms with Gasteiger partial charge in [0.05, 0.1) is 16.8 Å². The molecule has 1 saturated heterocycles. The van der Waals surface area contributed by atoms with Gasteiger partial charge >= 0.3 is 6.03 Å². The number of imide groups is 2. The molecule has 1 heterocycles. The summed E-state index contributed by atoms with van der Waals surface area (Å²) in [4.78, 5) is 39.1. The van der Waals surface area contributed by atoms with E-state index >= 15 is 0 Å². The SMILES string of the molecule is CCOc1cc(/C=C2\C(=O)NC(=O)N(c3ccc(C)cc3)C2=O)cc(Br)c1OCc1ccccc1F. The topological polar surface area (TPSA) is 84.9 Å². The largest absolute Gasteiger partial charge is 0.490 e. The molecule has 4 amide bonds. The second-order valence-electron chi connectivity index (χ2n) is 7.94. The maximum absolute atomic E-state index is 14.0. The molecule has 1 N–H and O–H groups in total. The van der Waals surface area contributed by atoms with Gasteiger partial charge in [-0.15, -0.1) is 0 Å². The summed E-state index contributed by atoms with van der Waals surface area (Å²) in [6.45, 7) is 3.97. The monoisotopic (exact) mass is 552 g/mol. The Balaban J connectivity index is 1.66. The van der Waals surface area contributed by atoms with Gasteiger partial charge in [-0.25, -0.2) is 14.1 Å². The van der Waals surface area contributed by atoms with E-state index in [-0.39, 0.29) is 18.0 Å². The van der Waals surface area contributed by atoms with Crippen molar-refractivity contribution in [2.24, 2.45) is 0 Å². The standard InChI is InChI=1S/C27H22BrFN2O5/c1-3-35-23-14-17(13-21(28)24(23)36-15-18-6-4-5-7-22(18)29)12-20-25(32)30-27(34)31(26(20)33)19-10-8-16(2)9-11-19/h4-14H,3,15H2,1-2H3,(H,30,32,34)/b20-12+. The average Bonchev–Trinajstić information content (AvgIpc) is 2.83. The highest BCUT2D eigenvalue weighted by Gasteiger charge is 2.36. The van der Waals surface area contributed by atoms with E-state index in [1.807, 2.05) is 6.92 Å². The third-order valence-electron chi connectivity index (χ3n) is 5.37. The summed E-state index contributed by atoms with van der Waals surface area (Å²) in [7, 11) is 0. The molecule has 0 radical (unpaired) electrons. The Hall–Kier alpha value is -3.98. The van der Waals surface area contributed by atoms with Gasteiger partial charge in [0.2, 0.25) is 0 Å². The minimum atomic E-state index is -0.820. The number of aryl methyl sites for hydroxylation is 1. The Bertz CT molecular complexity index is 1370. The second kappa shape index (κ2) is 10.7. The van der Waals surface area contributed by atoms with Crippen LogP contribution in [0.3, 0.4) is 0 Å². The van der Waals surface area contributed by atoms with Crippen molar-refractivity contribution < 1.29 is 28.2 Å². The van der Waals surface area contributed by atoms with Crippen LogP contribution < -0.4 is 19.7 Å². The van der Waals surface area contributed by atoms with Gasteiger partial charge in [-0.2, -0.15) is 0 Å². The van der Waals surface area contributed by atoms with Crippen LogP contribution in [0.5, 0.6) is 11.5 Å². The third kappa shape index (κ3) is 5.31. The number of benzene rings is 3. The number of anilines is 1. The molecular formula is C27H22BrFN2O5. The van der Waals surface area contributed by atoms with Crippen molar-refractivity contribution in [3.8, 4) is 11.5 Å². The molecule has 1 fully saturated rings. The molecule has 184 valence electrons. The smallest absolute Gasteiger partial charge is 0.335 e. The molecule has 1 aliphatic heterocycles.